The van der Waals surface area contributed by atoms with E-state index < -0.39 is 0 Å². The Bertz CT molecular complexity index is 338. The van der Waals surface area contributed by atoms with Gasteiger partial charge in [0.05, 0.1) is 0 Å². The average Bonchev–Trinajstić information content (AvgIpc) is 2.65. The Morgan fingerprint density at radius 2 is 2.36 bits per heavy atom. The van der Waals surface area contributed by atoms with Crippen LogP contribution < -0.4 is 4.90 Å². The smallest absolute Gasteiger partial charge is 0.110 e. The van der Waals surface area contributed by atoms with Crippen LogP contribution in [0.25, 0.3) is 0 Å². The Morgan fingerprint density at radius 3 is 3.00 bits per heavy atom. The second-order valence-electron chi connectivity index (χ2n) is 3.80. The fraction of sp³-hybridized carbons (Fsp3) is 0.455. The lowest BCUT2D eigenvalue weighted by molar-refractivity contribution is 0.735. The third kappa shape index (κ3) is 1.62. The molecule has 1 aromatic rings. The monoisotopic (exact) mass is 190 g/mol. The maximum absolute atomic E-state index is 10.4. The third-order valence-corrected chi connectivity index (χ3v) is 2.82. The van der Waals surface area contributed by atoms with E-state index in [4.69, 9.17) is 0 Å². The second-order valence-corrected chi connectivity index (χ2v) is 3.80. The minimum atomic E-state index is 0.515. The Kier molecular flexibility index (Phi) is 2.48. The standard InChI is InChI=1S/C11H14N2O/c1-9-4-3-7-13(9)11-6-2-5-10(8-11)12-14/h2,5-6,8-9H,3-4,7H2,1H3. The molecule has 0 radical (unpaired) electrons. The number of benzene rings is 1. The SMILES string of the molecule is CC1CCCN1c1cccc(N=O)c1. The minimum Gasteiger partial charge on any atom is -0.369 e. The molecule has 1 unspecified atom stereocenters. The molecule has 3 heteroatoms. The molecule has 0 N–H and O–H groups in total. The molecule has 1 saturated heterocycles. The van der Waals surface area contributed by atoms with Crippen molar-refractivity contribution in [2.75, 3.05) is 11.4 Å². The first-order chi connectivity index (χ1) is 6.81. The van der Waals surface area contributed by atoms with Crippen molar-refractivity contribution in [3.8, 4) is 0 Å². The average molecular weight is 190 g/mol. The minimum absolute atomic E-state index is 0.515. The summed E-state index contributed by atoms with van der Waals surface area (Å²) in [5.74, 6) is 0. The zero-order valence-corrected chi connectivity index (χ0v) is 8.31. The lowest BCUT2D eigenvalue weighted by Gasteiger charge is -2.23. The lowest BCUT2D eigenvalue weighted by Crippen LogP contribution is -2.25. The number of nitroso groups, excluding NO2 is 1. The van der Waals surface area contributed by atoms with Crippen molar-refractivity contribution >= 4 is 11.4 Å². The van der Waals surface area contributed by atoms with E-state index in [2.05, 4.69) is 17.0 Å². The summed E-state index contributed by atoms with van der Waals surface area (Å²) in [6.07, 6.45) is 2.47. The van der Waals surface area contributed by atoms with Crippen molar-refractivity contribution in [2.24, 2.45) is 5.18 Å². The molecule has 0 amide bonds. The normalized spacial score (nSPS) is 21.2. The van der Waals surface area contributed by atoms with Crippen molar-refractivity contribution in [1.29, 1.82) is 0 Å². The number of anilines is 1. The fourth-order valence-corrected chi connectivity index (χ4v) is 2.05. The van der Waals surface area contributed by atoms with Crippen LogP contribution in [0.5, 0.6) is 0 Å². The van der Waals surface area contributed by atoms with E-state index >= 15 is 0 Å². The van der Waals surface area contributed by atoms with E-state index in [1.165, 1.54) is 12.8 Å². The summed E-state index contributed by atoms with van der Waals surface area (Å²) in [5, 5.41) is 2.95. The highest BCUT2D eigenvalue weighted by Crippen LogP contribution is 2.27. The van der Waals surface area contributed by atoms with Crippen LogP contribution in [-0.4, -0.2) is 12.6 Å². The molecule has 0 spiro atoms. The summed E-state index contributed by atoms with van der Waals surface area (Å²) >= 11 is 0. The molecular formula is C11H14N2O. The largest absolute Gasteiger partial charge is 0.369 e. The van der Waals surface area contributed by atoms with Gasteiger partial charge >= 0.3 is 0 Å². The first kappa shape index (κ1) is 9.19. The lowest BCUT2D eigenvalue weighted by atomic mass is 10.2. The van der Waals surface area contributed by atoms with Crippen LogP contribution in [0.2, 0.25) is 0 Å². The van der Waals surface area contributed by atoms with Gasteiger partial charge in [-0.15, -0.1) is 4.91 Å². The summed E-state index contributed by atoms with van der Waals surface area (Å²) in [6, 6.07) is 8.09. The predicted octanol–water partition coefficient (Wildman–Crippen LogP) is 3.07. The number of rotatable bonds is 2. The van der Waals surface area contributed by atoms with E-state index in [-0.39, 0.29) is 0 Å². The van der Waals surface area contributed by atoms with Gasteiger partial charge in [0.2, 0.25) is 0 Å². The molecule has 1 fully saturated rings. The van der Waals surface area contributed by atoms with Gasteiger partial charge in [0, 0.05) is 18.3 Å². The molecule has 1 aliphatic rings. The molecule has 1 aromatic carbocycles. The molecule has 1 heterocycles. The van der Waals surface area contributed by atoms with Crippen molar-refractivity contribution in [2.45, 2.75) is 25.8 Å². The Hall–Kier alpha value is -1.38. The number of hydrogen-bond donors (Lipinski definition) is 0. The second kappa shape index (κ2) is 3.78. The van der Waals surface area contributed by atoms with Crippen molar-refractivity contribution in [3.05, 3.63) is 29.2 Å². The van der Waals surface area contributed by atoms with Gasteiger partial charge in [-0.25, -0.2) is 0 Å². The molecular weight excluding hydrogens is 176 g/mol. The van der Waals surface area contributed by atoms with E-state index in [0.29, 0.717) is 11.7 Å². The zero-order valence-electron chi connectivity index (χ0n) is 8.31. The Labute approximate surface area is 83.7 Å². The van der Waals surface area contributed by atoms with Gasteiger partial charge in [0.1, 0.15) is 5.69 Å². The highest BCUT2D eigenvalue weighted by molar-refractivity contribution is 5.56. The maximum atomic E-state index is 10.4. The molecule has 1 atom stereocenters. The summed E-state index contributed by atoms with van der Waals surface area (Å²) in [5.41, 5.74) is 1.63. The molecule has 74 valence electrons. The Morgan fingerprint density at radius 1 is 1.50 bits per heavy atom. The summed E-state index contributed by atoms with van der Waals surface area (Å²) in [6.45, 7) is 3.30. The highest BCUT2D eigenvalue weighted by atomic mass is 16.3. The fourth-order valence-electron chi connectivity index (χ4n) is 2.05. The quantitative estimate of drug-likeness (QED) is 0.671. The van der Waals surface area contributed by atoms with Gasteiger partial charge in [-0.3, -0.25) is 0 Å². The van der Waals surface area contributed by atoms with Gasteiger partial charge in [0.15, 0.2) is 0 Å². The summed E-state index contributed by atoms with van der Waals surface area (Å²) in [4.78, 5) is 12.7. The number of nitrogens with zero attached hydrogens (tertiary/aromatic N) is 2. The van der Waals surface area contributed by atoms with Gasteiger partial charge in [-0.05, 0) is 43.1 Å². The summed E-state index contributed by atoms with van der Waals surface area (Å²) < 4.78 is 0. The van der Waals surface area contributed by atoms with Gasteiger partial charge in [0.25, 0.3) is 0 Å². The molecule has 14 heavy (non-hydrogen) atoms. The van der Waals surface area contributed by atoms with Crippen molar-refractivity contribution < 1.29 is 0 Å². The number of hydrogen-bond acceptors (Lipinski definition) is 3. The van der Waals surface area contributed by atoms with Crippen LogP contribution in [0.1, 0.15) is 19.8 Å². The van der Waals surface area contributed by atoms with Crippen LogP contribution >= 0.6 is 0 Å². The van der Waals surface area contributed by atoms with Crippen molar-refractivity contribution in [3.63, 3.8) is 0 Å². The van der Waals surface area contributed by atoms with Crippen molar-refractivity contribution in [1.82, 2.24) is 0 Å². The van der Waals surface area contributed by atoms with E-state index in [1.54, 1.807) is 6.07 Å². The highest BCUT2D eigenvalue weighted by Gasteiger charge is 2.20. The molecule has 1 aliphatic heterocycles. The molecule has 3 nitrogen and oxygen atoms in total. The van der Waals surface area contributed by atoms with Crippen LogP contribution in [-0.2, 0) is 0 Å². The molecule has 2 rings (SSSR count). The Balaban J connectivity index is 2.26. The predicted molar refractivity (Wildman–Crippen MR) is 57.9 cm³/mol. The molecule has 0 aliphatic carbocycles. The first-order valence-corrected chi connectivity index (χ1v) is 5.01. The van der Waals surface area contributed by atoms with Gasteiger partial charge in [-0.1, -0.05) is 6.07 Å². The van der Waals surface area contributed by atoms with Crippen LogP contribution in [0.15, 0.2) is 29.4 Å². The third-order valence-electron chi connectivity index (χ3n) is 2.82. The van der Waals surface area contributed by atoms with Crippen LogP contribution in [0.3, 0.4) is 0 Å². The topological polar surface area (TPSA) is 32.7 Å². The zero-order chi connectivity index (χ0) is 9.97. The molecule has 0 aromatic heterocycles. The molecule has 0 bridgehead atoms. The van der Waals surface area contributed by atoms with E-state index in [1.807, 2.05) is 18.2 Å². The van der Waals surface area contributed by atoms with Gasteiger partial charge in [-0.2, -0.15) is 0 Å². The maximum Gasteiger partial charge on any atom is 0.110 e. The van der Waals surface area contributed by atoms with E-state index in [0.717, 1.165) is 12.2 Å². The summed E-state index contributed by atoms with van der Waals surface area (Å²) in [7, 11) is 0. The van der Waals surface area contributed by atoms with Crippen LogP contribution in [0.4, 0.5) is 11.4 Å². The van der Waals surface area contributed by atoms with Crippen LogP contribution in [0, 0.1) is 4.91 Å². The van der Waals surface area contributed by atoms with Gasteiger partial charge < -0.3 is 4.90 Å². The first-order valence-electron chi connectivity index (χ1n) is 5.01. The van der Waals surface area contributed by atoms with E-state index in [9.17, 15) is 4.91 Å². The molecule has 0 saturated carbocycles.